The lowest BCUT2D eigenvalue weighted by atomic mass is 10.1. The minimum Gasteiger partial charge on any atom is -0.368 e. The van der Waals surface area contributed by atoms with Gasteiger partial charge in [0, 0.05) is 17.8 Å². The molecule has 0 aliphatic heterocycles. The monoisotopic (exact) mass is 219 g/mol. The van der Waals surface area contributed by atoms with Crippen LogP contribution in [0.2, 0.25) is 0 Å². The van der Waals surface area contributed by atoms with Crippen LogP contribution in [0.1, 0.15) is 45.2 Å². The van der Waals surface area contributed by atoms with Gasteiger partial charge < -0.3 is 5.32 Å². The number of aryl methyl sites for hydroxylation is 1. The predicted octanol–water partition coefficient (Wildman–Crippen LogP) is 3.03. The van der Waals surface area contributed by atoms with Crippen molar-refractivity contribution in [3.63, 3.8) is 0 Å². The Kier molecular flexibility index (Phi) is 3.75. The van der Waals surface area contributed by atoms with E-state index in [9.17, 15) is 0 Å². The lowest BCUT2D eigenvalue weighted by molar-refractivity contribution is 0.639. The molecular formula is C13H21N3. The molecule has 1 aliphatic carbocycles. The van der Waals surface area contributed by atoms with Crippen LogP contribution in [-0.2, 0) is 6.42 Å². The number of hydrogen-bond donors (Lipinski definition) is 1. The highest BCUT2D eigenvalue weighted by molar-refractivity contribution is 5.35. The summed E-state index contributed by atoms with van der Waals surface area (Å²) in [7, 11) is 0. The summed E-state index contributed by atoms with van der Waals surface area (Å²) in [4.78, 5) is 8.53. The molecule has 1 heterocycles. The molecule has 1 aliphatic rings. The van der Waals surface area contributed by atoms with E-state index in [4.69, 9.17) is 0 Å². The van der Waals surface area contributed by atoms with Crippen LogP contribution in [0.3, 0.4) is 0 Å². The number of aromatic nitrogens is 2. The summed E-state index contributed by atoms with van der Waals surface area (Å²) in [5.41, 5.74) is 1.14. The molecule has 2 rings (SSSR count). The standard InChI is InChI=1S/C13H21N3/c1-3-4-12-8-13(15-9-14-12)16-10(2)7-11-5-6-11/h8-11H,3-7H2,1-2H3,(H,14,15,16). The Bertz CT molecular complexity index is 334. The summed E-state index contributed by atoms with van der Waals surface area (Å²) in [6.07, 6.45) is 7.93. The molecule has 0 radical (unpaired) electrons. The van der Waals surface area contributed by atoms with Crippen molar-refractivity contribution in [2.75, 3.05) is 5.32 Å². The van der Waals surface area contributed by atoms with Crippen molar-refractivity contribution >= 4 is 5.82 Å². The maximum Gasteiger partial charge on any atom is 0.129 e. The zero-order valence-corrected chi connectivity index (χ0v) is 10.2. The molecular weight excluding hydrogens is 198 g/mol. The van der Waals surface area contributed by atoms with Crippen LogP contribution < -0.4 is 5.32 Å². The van der Waals surface area contributed by atoms with Gasteiger partial charge in [0.15, 0.2) is 0 Å². The Labute approximate surface area is 97.7 Å². The third-order valence-electron chi connectivity index (χ3n) is 3.01. The average Bonchev–Trinajstić information content (AvgIpc) is 3.02. The van der Waals surface area contributed by atoms with Gasteiger partial charge in [-0.05, 0) is 25.7 Å². The highest BCUT2D eigenvalue weighted by Gasteiger charge is 2.23. The van der Waals surface area contributed by atoms with E-state index in [1.54, 1.807) is 6.33 Å². The number of hydrogen-bond acceptors (Lipinski definition) is 3. The molecule has 3 heteroatoms. The van der Waals surface area contributed by atoms with E-state index >= 15 is 0 Å². The van der Waals surface area contributed by atoms with Crippen molar-refractivity contribution in [2.45, 2.75) is 52.0 Å². The van der Waals surface area contributed by atoms with Gasteiger partial charge in [0.25, 0.3) is 0 Å². The van der Waals surface area contributed by atoms with Crippen molar-refractivity contribution < 1.29 is 0 Å². The molecule has 0 aromatic carbocycles. The topological polar surface area (TPSA) is 37.8 Å². The maximum absolute atomic E-state index is 4.27. The van der Waals surface area contributed by atoms with Crippen LogP contribution in [0.4, 0.5) is 5.82 Å². The number of anilines is 1. The maximum atomic E-state index is 4.27. The predicted molar refractivity (Wildman–Crippen MR) is 66.5 cm³/mol. The first-order chi connectivity index (χ1) is 7.78. The Balaban J connectivity index is 1.88. The van der Waals surface area contributed by atoms with E-state index < -0.39 is 0 Å². The van der Waals surface area contributed by atoms with E-state index in [1.807, 2.05) is 0 Å². The summed E-state index contributed by atoms with van der Waals surface area (Å²) in [6, 6.07) is 2.60. The molecule has 1 unspecified atom stereocenters. The minimum absolute atomic E-state index is 0.525. The molecule has 0 saturated heterocycles. The summed E-state index contributed by atoms with van der Waals surface area (Å²) in [5.74, 6) is 1.94. The van der Waals surface area contributed by atoms with Gasteiger partial charge in [-0.1, -0.05) is 26.2 Å². The zero-order valence-electron chi connectivity index (χ0n) is 10.2. The van der Waals surface area contributed by atoms with E-state index in [0.29, 0.717) is 6.04 Å². The summed E-state index contributed by atoms with van der Waals surface area (Å²) in [6.45, 7) is 4.41. The number of nitrogens with one attached hydrogen (secondary N) is 1. The average molecular weight is 219 g/mol. The van der Waals surface area contributed by atoms with E-state index in [-0.39, 0.29) is 0 Å². The van der Waals surface area contributed by atoms with Crippen molar-refractivity contribution in [1.82, 2.24) is 9.97 Å². The Morgan fingerprint density at radius 1 is 1.44 bits per heavy atom. The largest absolute Gasteiger partial charge is 0.368 e. The molecule has 1 N–H and O–H groups in total. The van der Waals surface area contributed by atoms with Gasteiger partial charge in [0.1, 0.15) is 12.1 Å². The highest BCUT2D eigenvalue weighted by Crippen LogP contribution is 2.33. The van der Waals surface area contributed by atoms with Crippen molar-refractivity contribution in [1.29, 1.82) is 0 Å². The summed E-state index contributed by atoms with van der Waals surface area (Å²) in [5, 5.41) is 3.46. The molecule has 0 bridgehead atoms. The van der Waals surface area contributed by atoms with Gasteiger partial charge in [0.2, 0.25) is 0 Å². The molecule has 1 aromatic heterocycles. The van der Waals surface area contributed by atoms with E-state index in [1.165, 1.54) is 19.3 Å². The third kappa shape index (κ3) is 3.47. The minimum atomic E-state index is 0.525. The molecule has 88 valence electrons. The van der Waals surface area contributed by atoms with Crippen LogP contribution in [0, 0.1) is 5.92 Å². The molecule has 0 amide bonds. The van der Waals surface area contributed by atoms with Crippen molar-refractivity contribution in [3.05, 3.63) is 18.1 Å². The van der Waals surface area contributed by atoms with E-state index in [2.05, 4.69) is 35.2 Å². The van der Waals surface area contributed by atoms with Crippen molar-refractivity contribution in [2.24, 2.45) is 5.92 Å². The normalized spacial score (nSPS) is 17.1. The Hall–Kier alpha value is -1.12. The second kappa shape index (κ2) is 5.28. The van der Waals surface area contributed by atoms with Gasteiger partial charge in [-0.2, -0.15) is 0 Å². The van der Waals surface area contributed by atoms with Gasteiger partial charge in [0.05, 0.1) is 0 Å². The van der Waals surface area contributed by atoms with Gasteiger partial charge in [-0.25, -0.2) is 9.97 Å². The zero-order chi connectivity index (χ0) is 11.4. The van der Waals surface area contributed by atoms with Gasteiger partial charge >= 0.3 is 0 Å². The van der Waals surface area contributed by atoms with Gasteiger partial charge in [-0.15, -0.1) is 0 Å². The number of nitrogens with zero attached hydrogens (tertiary/aromatic N) is 2. The fraction of sp³-hybridized carbons (Fsp3) is 0.692. The summed E-state index contributed by atoms with van der Waals surface area (Å²) < 4.78 is 0. The highest BCUT2D eigenvalue weighted by atomic mass is 15.0. The molecule has 1 aromatic rings. The first kappa shape index (κ1) is 11.4. The molecule has 1 saturated carbocycles. The molecule has 1 fully saturated rings. The smallest absolute Gasteiger partial charge is 0.129 e. The fourth-order valence-corrected chi connectivity index (χ4v) is 2.03. The van der Waals surface area contributed by atoms with Crippen LogP contribution >= 0.6 is 0 Å². The van der Waals surface area contributed by atoms with Gasteiger partial charge in [-0.3, -0.25) is 0 Å². The Morgan fingerprint density at radius 3 is 2.94 bits per heavy atom. The SMILES string of the molecule is CCCc1cc(NC(C)CC2CC2)ncn1. The fourth-order valence-electron chi connectivity index (χ4n) is 2.03. The van der Waals surface area contributed by atoms with Crippen LogP contribution in [-0.4, -0.2) is 16.0 Å². The second-order valence-electron chi connectivity index (χ2n) is 4.87. The molecule has 0 spiro atoms. The summed E-state index contributed by atoms with van der Waals surface area (Å²) >= 11 is 0. The quantitative estimate of drug-likeness (QED) is 0.799. The van der Waals surface area contributed by atoms with E-state index in [0.717, 1.165) is 30.3 Å². The molecule has 1 atom stereocenters. The lowest BCUT2D eigenvalue weighted by Gasteiger charge is -2.14. The third-order valence-corrected chi connectivity index (χ3v) is 3.01. The van der Waals surface area contributed by atoms with Crippen LogP contribution in [0.25, 0.3) is 0 Å². The Morgan fingerprint density at radius 2 is 2.25 bits per heavy atom. The molecule has 3 nitrogen and oxygen atoms in total. The lowest BCUT2D eigenvalue weighted by Crippen LogP contribution is -2.16. The first-order valence-electron chi connectivity index (χ1n) is 6.35. The van der Waals surface area contributed by atoms with Crippen LogP contribution in [0.5, 0.6) is 0 Å². The number of rotatable bonds is 6. The van der Waals surface area contributed by atoms with Crippen molar-refractivity contribution in [3.8, 4) is 0 Å². The molecule has 16 heavy (non-hydrogen) atoms. The van der Waals surface area contributed by atoms with Crippen LogP contribution in [0.15, 0.2) is 12.4 Å². The second-order valence-corrected chi connectivity index (χ2v) is 4.87. The first-order valence-corrected chi connectivity index (χ1v) is 6.35.